The summed E-state index contributed by atoms with van der Waals surface area (Å²) in [7, 11) is 3.34. The first-order chi connectivity index (χ1) is 13.0. The second-order valence-corrected chi connectivity index (χ2v) is 5.74. The average molecular weight is 364 g/mol. The van der Waals surface area contributed by atoms with Gasteiger partial charge in [0.25, 0.3) is 11.9 Å². The molecule has 3 rings (SSSR count). The standard InChI is InChI=1S/C19H20N6O2/c1-11-14-10-12(27-3)8-9-16(14)23-19(22-11)25-18(20)24-17(26)13-6-4-5-7-15(13)21-2/h4-10,21H,1-3H3,(H3,20,22,23,24,25,26). The molecule has 0 atom stereocenters. The van der Waals surface area contributed by atoms with Crippen molar-refractivity contribution in [2.75, 3.05) is 19.5 Å². The maximum absolute atomic E-state index is 12.4. The number of nitrogens with two attached hydrogens (primary N) is 1. The molecule has 0 fully saturated rings. The van der Waals surface area contributed by atoms with Crippen molar-refractivity contribution in [2.45, 2.75) is 6.92 Å². The number of aliphatic imine (C=N–C) groups is 1. The molecule has 4 N–H and O–H groups in total. The summed E-state index contributed by atoms with van der Waals surface area (Å²) in [6, 6.07) is 12.6. The summed E-state index contributed by atoms with van der Waals surface area (Å²) in [5.41, 5.74) is 8.46. The van der Waals surface area contributed by atoms with Crippen LogP contribution in [0.15, 0.2) is 47.5 Å². The lowest BCUT2D eigenvalue weighted by molar-refractivity contribution is 0.0977. The highest BCUT2D eigenvalue weighted by atomic mass is 16.5. The van der Waals surface area contributed by atoms with Gasteiger partial charge in [0.05, 0.1) is 23.9 Å². The second-order valence-electron chi connectivity index (χ2n) is 5.74. The Labute approximate surface area is 156 Å². The average Bonchev–Trinajstić information content (AvgIpc) is 2.67. The van der Waals surface area contributed by atoms with Gasteiger partial charge in [-0.15, -0.1) is 0 Å². The summed E-state index contributed by atoms with van der Waals surface area (Å²) < 4.78 is 5.22. The number of hydrogen-bond donors (Lipinski definition) is 3. The van der Waals surface area contributed by atoms with E-state index >= 15 is 0 Å². The zero-order valence-corrected chi connectivity index (χ0v) is 15.3. The highest BCUT2D eigenvalue weighted by Gasteiger charge is 2.12. The number of ether oxygens (including phenoxy) is 1. The van der Waals surface area contributed by atoms with E-state index in [1.165, 1.54) is 0 Å². The molecule has 0 aliphatic rings. The lowest BCUT2D eigenvalue weighted by atomic mass is 10.1. The topological polar surface area (TPSA) is 115 Å². The Balaban J connectivity index is 1.86. The molecule has 3 aromatic rings. The van der Waals surface area contributed by atoms with Gasteiger partial charge in [-0.05, 0) is 37.3 Å². The van der Waals surface area contributed by atoms with Gasteiger partial charge in [0.2, 0.25) is 5.96 Å². The Hall–Kier alpha value is -3.68. The SMILES string of the molecule is CNc1ccccc1C(=O)N/C(N)=N\c1nc(C)c2cc(OC)ccc2n1. The molecule has 8 nitrogen and oxygen atoms in total. The number of fused-ring (bicyclic) bond motifs is 1. The number of nitrogens with zero attached hydrogens (tertiary/aromatic N) is 3. The minimum Gasteiger partial charge on any atom is -0.497 e. The Morgan fingerprint density at radius 1 is 1.19 bits per heavy atom. The lowest BCUT2D eigenvalue weighted by Gasteiger charge is -2.09. The van der Waals surface area contributed by atoms with Crippen LogP contribution >= 0.6 is 0 Å². The summed E-state index contributed by atoms with van der Waals surface area (Å²) in [6.45, 7) is 1.85. The van der Waals surface area contributed by atoms with Gasteiger partial charge in [0.1, 0.15) is 5.75 Å². The first-order valence-corrected chi connectivity index (χ1v) is 8.26. The molecule has 8 heteroatoms. The maximum Gasteiger partial charge on any atom is 0.260 e. The summed E-state index contributed by atoms with van der Waals surface area (Å²) in [5.74, 6) is 0.437. The molecule has 0 aliphatic heterocycles. The van der Waals surface area contributed by atoms with E-state index in [4.69, 9.17) is 10.5 Å². The largest absolute Gasteiger partial charge is 0.497 e. The smallest absolute Gasteiger partial charge is 0.260 e. The van der Waals surface area contributed by atoms with Crippen LogP contribution in [0.2, 0.25) is 0 Å². The quantitative estimate of drug-likeness (QED) is 0.484. The van der Waals surface area contributed by atoms with E-state index in [0.29, 0.717) is 16.8 Å². The molecular weight excluding hydrogens is 344 g/mol. The molecule has 0 aliphatic carbocycles. The van der Waals surface area contributed by atoms with Crippen LogP contribution in [0.25, 0.3) is 10.9 Å². The highest BCUT2D eigenvalue weighted by Crippen LogP contribution is 2.23. The highest BCUT2D eigenvalue weighted by molar-refractivity contribution is 6.08. The summed E-state index contributed by atoms with van der Waals surface area (Å²) in [4.78, 5) is 25.2. The number of nitrogens with one attached hydrogen (secondary N) is 2. The number of amides is 1. The van der Waals surface area contributed by atoms with Crippen molar-refractivity contribution in [1.29, 1.82) is 0 Å². The van der Waals surface area contributed by atoms with E-state index in [-0.39, 0.29) is 17.8 Å². The molecule has 27 heavy (non-hydrogen) atoms. The number of anilines is 1. The molecule has 1 aromatic heterocycles. The maximum atomic E-state index is 12.4. The van der Waals surface area contributed by atoms with Gasteiger partial charge < -0.3 is 15.8 Å². The normalized spacial score (nSPS) is 11.3. The molecule has 138 valence electrons. The van der Waals surface area contributed by atoms with Crippen molar-refractivity contribution >= 4 is 34.4 Å². The molecule has 0 saturated carbocycles. The van der Waals surface area contributed by atoms with Gasteiger partial charge in [-0.1, -0.05) is 12.1 Å². The van der Waals surface area contributed by atoms with Crippen LogP contribution in [0.3, 0.4) is 0 Å². The Morgan fingerprint density at radius 3 is 2.70 bits per heavy atom. The van der Waals surface area contributed by atoms with E-state index < -0.39 is 0 Å². The van der Waals surface area contributed by atoms with Crippen LogP contribution in [0, 0.1) is 6.92 Å². The molecule has 0 unspecified atom stereocenters. The van der Waals surface area contributed by atoms with E-state index in [2.05, 4.69) is 25.6 Å². The van der Waals surface area contributed by atoms with Gasteiger partial charge in [0, 0.05) is 18.1 Å². The van der Waals surface area contributed by atoms with Crippen molar-refractivity contribution in [3.05, 3.63) is 53.7 Å². The Bertz CT molecular complexity index is 1030. The number of rotatable bonds is 4. The van der Waals surface area contributed by atoms with Crippen LogP contribution in [-0.4, -0.2) is 36.0 Å². The third-order valence-corrected chi connectivity index (χ3v) is 3.98. The fraction of sp³-hybridized carbons (Fsp3) is 0.158. The van der Waals surface area contributed by atoms with E-state index in [1.807, 2.05) is 31.2 Å². The van der Waals surface area contributed by atoms with Crippen molar-refractivity contribution in [2.24, 2.45) is 10.7 Å². The molecule has 0 saturated heterocycles. The molecule has 1 heterocycles. The fourth-order valence-corrected chi connectivity index (χ4v) is 2.64. The Kier molecular flexibility index (Phi) is 5.16. The third-order valence-electron chi connectivity index (χ3n) is 3.98. The number of methoxy groups -OCH3 is 1. The minimum absolute atomic E-state index is 0.0850. The number of hydrogen-bond acceptors (Lipinski definition) is 6. The van der Waals surface area contributed by atoms with Gasteiger partial charge in [0.15, 0.2) is 0 Å². The van der Waals surface area contributed by atoms with Crippen LogP contribution in [0.4, 0.5) is 11.6 Å². The van der Waals surface area contributed by atoms with E-state index in [0.717, 1.165) is 16.8 Å². The van der Waals surface area contributed by atoms with Gasteiger partial charge >= 0.3 is 0 Å². The molecule has 0 bridgehead atoms. The number of guanidine groups is 1. The fourth-order valence-electron chi connectivity index (χ4n) is 2.64. The number of benzene rings is 2. The second kappa shape index (κ2) is 7.69. The van der Waals surface area contributed by atoms with Crippen LogP contribution in [0.5, 0.6) is 5.75 Å². The van der Waals surface area contributed by atoms with Crippen molar-refractivity contribution in [1.82, 2.24) is 15.3 Å². The molecule has 0 spiro atoms. The first-order valence-electron chi connectivity index (χ1n) is 8.26. The summed E-state index contributed by atoms with van der Waals surface area (Å²) >= 11 is 0. The summed E-state index contributed by atoms with van der Waals surface area (Å²) in [6.07, 6.45) is 0. The monoisotopic (exact) mass is 364 g/mol. The van der Waals surface area contributed by atoms with Gasteiger partial charge in [-0.3, -0.25) is 10.1 Å². The van der Waals surface area contributed by atoms with Crippen LogP contribution in [-0.2, 0) is 0 Å². The Morgan fingerprint density at radius 2 is 1.96 bits per heavy atom. The van der Waals surface area contributed by atoms with Crippen molar-refractivity contribution < 1.29 is 9.53 Å². The molecule has 1 amide bonds. The number of aryl methyl sites for hydroxylation is 1. The summed E-state index contributed by atoms with van der Waals surface area (Å²) in [5, 5.41) is 6.37. The molecular formula is C19H20N6O2. The predicted molar refractivity (Wildman–Crippen MR) is 106 cm³/mol. The first kappa shape index (κ1) is 18.1. The van der Waals surface area contributed by atoms with Crippen molar-refractivity contribution in [3.8, 4) is 5.75 Å². The van der Waals surface area contributed by atoms with E-state index in [9.17, 15) is 4.79 Å². The number of para-hydroxylation sites is 1. The van der Waals surface area contributed by atoms with Crippen LogP contribution in [0.1, 0.15) is 16.1 Å². The molecule has 0 radical (unpaired) electrons. The van der Waals surface area contributed by atoms with E-state index in [1.54, 1.807) is 32.4 Å². The number of carbonyl (C=O) groups excluding carboxylic acids is 1. The predicted octanol–water partition coefficient (Wildman–Crippen LogP) is 2.36. The van der Waals surface area contributed by atoms with Gasteiger partial charge in [-0.25, -0.2) is 9.97 Å². The number of carbonyl (C=O) groups is 1. The third kappa shape index (κ3) is 3.95. The van der Waals surface area contributed by atoms with Crippen molar-refractivity contribution in [3.63, 3.8) is 0 Å². The van der Waals surface area contributed by atoms with Gasteiger partial charge in [-0.2, -0.15) is 4.99 Å². The lowest BCUT2D eigenvalue weighted by Crippen LogP contribution is -2.36. The number of aromatic nitrogens is 2. The zero-order chi connectivity index (χ0) is 19.4. The minimum atomic E-state index is -0.372. The zero-order valence-electron chi connectivity index (χ0n) is 15.3. The molecule has 2 aromatic carbocycles. The van der Waals surface area contributed by atoms with Crippen LogP contribution < -0.4 is 21.1 Å².